The van der Waals surface area contributed by atoms with Gasteiger partial charge in [0.2, 0.25) is 5.91 Å². The lowest BCUT2D eigenvalue weighted by atomic mass is 10.1. The third-order valence-corrected chi connectivity index (χ3v) is 2.65. The Hall–Kier alpha value is -1.00. The highest BCUT2D eigenvalue weighted by Crippen LogP contribution is 2.07. The molecule has 0 aliphatic carbocycles. The molecule has 0 fully saturated rings. The fraction of sp³-hybridized carbons (Fsp3) is 0.417. The van der Waals surface area contributed by atoms with E-state index in [2.05, 4.69) is 17.9 Å². The minimum Gasteiger partial charge on any atom is -0.394 e. The van der Waals surface area contributed by atoms with Crippen molar-refractivity contribution in [1.29, 1.82) is 0 Å². The van der Waals surface area contributed by atoms with Crippen molar-refractivity contribution in [3.05, 3.63) is 35.9 Å². The van der Waals surface area contributed by atoms with Crippen LogP contribution in [0, 0.1) is 0 Å². The number of amides is 1. The molecule has 2 unspecified atom stereocenters. The molecule has 0 radical (unpaired) electrons. The monoisotopic (exact) mass is 239 g/mol. The van der Waals surface area contributed by atoms with E-state index in [0.717, 1.165) is 5.56 Å². The number of aliphatic hydroxyl groups is 1. The molecule has 0 aliphatic rings. The van der Waals surface area contributed by atoms with Gasteiger partial charge < -0.3 is 10.4 Å². The zero-order valence-corrected chi connectivity index (χ0v) is 10.2. The summed E-state index contributed by atoms with van der Waals surface area (Å²) in [5.74, 6) is -0.145. The van der Waals surface area contributed by atoms with Gasteiger partial charge in [-0.1, -0.05) is 30.3 Å². The molecule has 0 aromatic heterocycles. The molecule has 88 valence electrons. The van der Waals surface area contributed by atoms with Crippen molar-refractivity contribution >= 4 is 18.5 Å². The summed E-state index contributed by atoms with van der Waals surface area (Å²) in [5, 5.41) is 11.1. The van der Waals surface area contributed by atoms with Crippen molar-refractivity contribution < 1.29 is 9.90 Å². The maximum atomic E-state index is 11.6. The molecule has 16 heavy (non-hydrogen) atoms. The van der Waals surface area contributed by atoms with Crippen LogP contribution in [-0.2, 0) is 11.2 Å². The molecule has 1 amide bonds. The van der Waals surface area contributed by atoms with Crippen molar-refractivity contribution in [2.24, 2.45) is 0 Å². The number of hydrogen-bond acceptors (Lipinski definition) is 3. The molecule has 0 aliphatic heterocycles. The Balaban J connectivity index is 2.46. The van der Waals surface area contributed by atoms with Crippen LogP contribution in [0.25, 0.3) is 0 Å². The van der Waals surface area contributed by atoms with Gasteiger partial charge in [-0.3, -0.25) is 4.79 Å². The van der Waals surface area contributed by atoms with E-state index in [1.807, 2.05) is 30.3 Å². The largest absolute Gasteiger partial charge is 0.394 e. The third-order valence-electron chi connectivity index (χ3n) is 2.24. The van der Waals surface area contributed by atoms with Crippen molar-refractivity contribution in [1.82, 2.24) is 5.32 Å². The van der Waals surface area contributed by atoms with E-state index in [9.17, 15) is 4.79 Å². The van der Waals surface area contributed by atoms with Crippen LogP contribution in [0.2, 0.25) is 0 Å². The van der Waals surface area contributed by atoms with E-state index in [1.165, 1.54) is 0 Å². The standard InChI is InChI=1S/C12H17NO2S/c1-9(8-14)13-12(15)11(16)7-10-5-3-2-4-6-10/h2-6,9,11,14,16H,7-8H2,1H3,(H,13,15). The van der Waals surface area contributed by atoms with Gasteiger partial charge in [-0.05, 0) is 18.9 Å². The topological polar surface area (TPSA) is 49.3 Å². The fourth-order valence-electron chi connectivity index (χ4n) is 1.31. The Kier molecular flexibility index (Phi) is 5.35. The van der Waals surface area contributed by atoms with Crippen molar-refractivity contribution in [3.8, 4) is 0 Å². The molecule has 1 aromatic rings. The van der Waals surface area contributed by atoms with Gasteiger partial charge in [0.15, 0.2) is 0 Å². The van der Waals surface area contributed by atoms with Gasteiger partial charge in [0.05, 0.1) is 11.9 Å². The minimum absolute atomic E-state index is 0.0580. The lowest BCUT2D eigenvalue weighted by Gasteiger charge is -2.15. The first-order valence-electron chi connectivity index (χ1n) is 5.26. The van der Waals surface area contributed by atoms with E-state index in [4.69, 9.17) is 5.11 Å². The average molecular weight is 239 g/mol. The van der Waals surface area contributed by atoms with Gasteiger partial charge in [-0.15, -0.1) is 0 Å². The smallest absolute Gasteiger partial charge is 0.233 e. The van der Waals surface area contributed by atoms with E-state index in [-0.39, 0.29) is 23.8 Å². The summed E-state index contributed by atoms with van der Waals surface area (Å²) < 4.78 is 0. The number of benzene rings is 1. The summed E-state index contributed by atoms with van der Waals surface area (Å²) in [4.78, 5) is 11.6. The number of carbonyl (C=O) groups excluding carboxylic acids is 1. The fourth-order valence-corrected chi connectivity index (χ4v) is 1.60. The Morgan fingerprint density at radius 1 is 1.44 bits per heavy atom. The molecule has 0 saturated carbocycles. The second kappa shape index (κ2) is 6.55. The Morgan fingerprint density at radius 3 is 2.62 bits per heavy atom. The molecule has 1 aromatic carbocycles. The molecule has 1 rings (SSSR count). The minimum atomic E-state index is -0.378. The Labute approximate surface area is 101 Å². The predicted molar refractivity (Wildman–Crippen MR) is 67.6 cm³/mol. The van der Waals surface area contributed by atoms with Crippen LogP contribution in [-0.4, -0.2) is 28.9 Å². The van der Waals surface area contributed by atoms with Gasteiger partial charge in [0.1, 0.15) is 0 Å². The highest BCUT2D eigenvalue weighted by molar-refractivity contribution is 7.81. The second-order valence-electron chi connectivity index (χ2n) is 3.80. The molecule has 4 heteroatoms. The third kappa shape index (κ3) is 4.24. The number of rotatable bonds is 5. The molecular weight excluding hydrogens is 222 g/mol. The summed E-state index contributed by atoms with van der Waals surface area (Å²) in [5.41, 5.74) is 1.08. The molecule has 0 saturated heterocycles. The number of nitrogens with one attached hydrogen (secondary N) is 1. The van der Waals surface area contributed by atoms with Gasteiger partial charge in [-0.25, -0.2) is 0 Å². The van der Waals surface area contributed by atoms with Crippen molar-refractivity contribution in [2.75, 3.05) is 6.61 Å². The molecule has 0 heterocycles. The molecule has 3 nitrogen and oxygen atoms in total. The summed E-state index contributed by atoms with van der Waals surface area (Å²) in [6, 6.07) is 9.51. The summed E-state index contributed by atoms with van der Waals surface area (Å²) in [7, 11) is 0. The predicted octanol–water partition coefficient (Wildman–Crippen LogP) is 1.02. The van der Waals surface area contributed by atoms with E-state index >= 15 is 0 Å². The van der Waals surface area contributed by atoms with Crippen LogP contribution in [0.1, 0.15) is 12.5 Å². The average Bonchev–Trinajstić information content (AvgIpc) is 2.30. The normalized spacial score (nSPS) is 14.2. The first kappa shape index (κ1) is 13.1. The molecule has 2 atom stereocenters. The van der Waals surface area contributed by atoms with Crippen LogP contribution < -0.4 is 5.32 Å². The molecule has 2 N–H and O–H groups in total. The zero-order valence-electron chi connectivity index (χ0n) is 9.26. The van der Waals surface area contributed by atoms with E-state index in [1.54, 1.807) is 6.92 Å². The number of hydrogen-bond donors (Lipinski definition) is 3. The van der Waals surface area contributed by atoms with Crippen LogP contribution >= 0.6 is 12.6 Å². The van der Waals surface area contributed by atoms with Crippen LogP contribution in [0.4, 0.5) is 0 Å². The van der Waals surface area contributed by atoms with Gasteiger partial charge in [0.25, 0.3) is 0 Å². The summed E-state index contributed by atoms with van der Waals surface area (Å²) >= 11 is 4.26. The number of thiol groups is 1. The summed E-state index contributed by atoms with van der Waals surface area (Å²) in [6.07, 6.45) is 0.591. The van der Waals surface area contributed by atoms with E-state index in [0.29, 0.717) is 6.42 Å². The first-order valence-corrected chi connectivity index (χ1v) is 5.78. The highest BCUT2D eigenvalue weighted by Gasteiger charge is 2.15. The van der Waals surface area contributed by atoms with Gasteiger partial charge in [0, 0.05) is 6.04 Å². The Bertz CT molecular complexity index is 329. The van der Waals surface area contributed by atoms with Crippen molar-refractivity contribution in [2.45, 2.75) is 24.6 Å². The molecular formula is C12H17NO2S. The van der Waals surface area contributed by atoms with Crippen LogP contribution in [0.3, 0.4) is 0 Å². The SMILES string of the molecule is CC(CO)NC(=O)C(S)Cc1ccccc1. The van der Waals surface area contributed by atoms with Crippen LogP contribution in [0.5, 0.6) is 0 Å². The molecule has 0 bridgehead atoms. The maximum absolute atomic E-state index is 11.6. The van der Waals surface area contributed by atoms with Gasteiger partial charge in [-0.2, -0.15) is 12.6 Å². The summed E-state index contributed by atoms with van der Waals surface area (Å²) in [6.45, 7) is 1.69. The highest BCUT2D eigenvalue weighted by atomic mass is 32.1. The van der Waals surface area contributed by atoms with Crippen LogP contribution in [0.15, 0.2) is 30.3 Å². The van der Waals surface area contributed by atoms with Crippen molar-refractivity contribution in [3.63, 3.8) is 0 Å². The second-order valence-corrected chi connectivity index (χ2v) is 4.42. The lowest BCUT2D eigenvalue weighted by molar-refractivity contribution is -0.121. The number of carbonyl (C=O) groups is 1. The van der Waals surface area contributed by atoms with E-state index < -0.39 is 0 Å². The molecule has 0 spiro atoms. The first-order chi connectivity index (χ1) is 7.63. The Morgan fingerprint density at radius 2 is 2.06 bits per heavy atom. The lowest BCUT2D eigenvalue weighted by Crippen LogP contribution is -2.40. The quantitative estimate of drug-likeness (QED) is 0.672. The van der Waals surface area contributed by atoms with Gasteiger partial charge >= 0.3 is 0 Å². The number of aliphatic hydroxyl groups excluding tert-OH is 1. The zero-order chi connectivity index (χ0) is 12.0. The maximum Gasteiger partial charge on any atom is 0.233 e.